The van der Waals surface area contributed by atoms with Crippen LogP contribution in [-0.2, 0) is 28.4 Å². The summed E-state index contributed by atoms with van der Waals surface area (Å²) in [5.41, 5.74) is 0.958. The van der Waals surface area contributed by atoms with Crippen LogP contribution in [0.3, 0.4) is 0 Å². The number of nitrogens with one attached hydrogen (secondary N) is 1. The number of esters is 1. The summed E-state index contributed by atoms with van der Waals surface area (Å²) in [4.78, 5) is 16.2. The lowest BCUT2D eigenvalue weighted by molar-refractivity contribution is 0.0589. The topological polar surface area (TPSA) is 95.2 Å². The van der Waals surface area contributed by atoms with Crippen molar-refractivity contribution in [3.63, 3.8) is 0 Å². The molecule has 2 heterocycles. The first-order chi connectivity index (χ1) is 15.1. The van der Waals surface area contributed by atoms with E-state index in [2.05, 4.69) is 14.4 Å². The first-order valence-electron chi connectivity index (χ1n) is 9.53. The molecule has 0 unspecified atom stereocenters. The Bertz CT molecular complexity index is 1210. The predicted molar refractivity (Wildman–Crippen MR) is 113 cm³/mol. The molecule has 8 nitrogen and oxygen atoms in total. The third kappa shape index (κ3) is 4.80. The van der Waals surface area contributed by atoms with Crippen molar-refractivity contribution in [3.05, 3.63) is 47.4 Å². The standard InChI is InChI=1S/C19H22F2N4O4S.CH3F/c1-5-25-15-10-12(17(20)21)6-7-13(15)22-18(25)11(2)23-30(27,28)16-9-8-14(24(16)3)19(26)29-4;1-2/h6-11,17,23H,5H2,1-4H3;1H3/t11-;/m1./s1. The van der Waals surface area contributed by atoms with Crippen LogP contribution in [0, 0.1) is 0 Å². The van der Waals surface area contributed by atoms with Crippen molar-refractivity contribution in [2.45, 2.75) is 37.9 Å². The number of alkyl halides is 3. The molecule has 0 amide bonds. The normalized spacial score (nSPS) is 12.5. The number of carbonyl (C=O) groups is 1. The second-order valence-corrected chi connectivity index (χ2v) is 8.37. The third-order valence-corrected chi connectivity index (χ3v) is 6.46. The molecule has 0 saturated heterocycles. The molecular weight excluding hydrogens is 449 g/mol. The summed E-state index contributed by atoms with van der Waals surface area (Å²) in [5, 5.41) is -0.117. The molecular formula is C20H25F3N4O4S. The second-order valence-electron chi connectivity index (χ2n) is 6.71. The average molecular weight is 475 g/mol. The summed E-state index contributed by atoms with van der Waals surface area (Å²) in [5.74, 6) is -0.264. The quantitative estimate of drug-likeness (QED) is 0.527. The fourth-order valence-electron chi connectivity index (χ4n) is 3.37. The predicted octanol–water partition coefficient (Wildman–Crippen LogP) is 3.74. The minimum atomic E-state index is -4.01. The summed E-state index contributed by atoms with van der Waals surface area (Å²) in [6.07, 6.45) is -2.62. The van der Waals surface area contributed by atoms with E-state index in [1.165, 1.54) is 49.1 Å². The van der Waals surface area contributed by atoms with Gasteiger partial charge in [-0.1, -0.05) is 6.07 Å². The maximum Gasteiger partial charge on any atom is 0.354 e. The molecule has 12 heteroatoms. The number of sulfonamides is 1. The van der Waals surface area contributed by atoms with E-state index in [4.69, 9.17) is 0 Å². The maximum atomic E-state index is 13.1. The number of rotatable bonds is 7. The van der Waals surface area contributed by atoms with Crippen LogP contribution < -0.4 is 4.72 Å². The number of nitrogens with zero attached hydrogens (tertiary/aromatic N) is 3. The molecule has 3 rings (SSSR count). The van der Waals surface area contributed by atoms with E-state index in [0.717, 1.165) is 0 Å². The minimum Gasteiger partial charge on any atom is -0.464 e. The van der Waals surface area contributed by atoms with E-state index < -0.39 is 28.5 Å². The van der Waals surface area contributed by atoms with Gasteiger partial charge in [0.2, 0.25) is 0 Å². The number of fused-ring (bicyclic) bond motifs is 1. The molecule has 0 radical (unpaired) electrons. The summed E-state index contributed by atoms with van der Waals surface area (Å²) in [7, 11) is -0.861. The first kappa shape index (κ1) is 25.4. The molecule has 2 aromatic heterocycles. The van der Waals surface area contributed by atoms with Gasteiger partial charge in [0.25, 0.3) is 16.4 Å². The Hall–Kier alpha value is -2.86. The lowest BCUT2D eigenvalue weighted by Gasteiger charge is -2.16. The molecule has 3 aromatic rings. The Morgan fingerprint density at radius 1 is 1.22 bits per heavy atom. The highest BCUT2D eigenvalue weighted by Gasteiger charge is 2.27. The van der Waals surface area contributed by atoms with Gasteiger partial charge >= 0.3 is 5.97 Å². The number of hydrogen-bond acceptors (Lipinski definition) is 5. The van der Waals surface area contributed by atoms with Crippen LogP contribution in [0.1, 0.15) is 48.2 Å². The number of aryl methyl sites for hydroxylation is 1. The molecule has 0 aliphatic rings. The van der Waals surface area contributed by atoms with Gasteiger partial charge in [-0.2, -0.15) is 4.72 Å². The van der Waals surface area contributed by atoms with Crippen LogP contribution in [0.15, 0.2) is 35.4 Å². The Morgan fingerprint density at radius 2 is 1.88 bits per heavy atom. The Morgan fingerprint density at radius 3 is 2.44 bits per heavy atom. The number of carbonyl (C=O) groups excluding carboxylic acids is 1. The van der Waals surface area contributed by atoms with Crippen molar-refractivity contribution >= 4 is 27.0 Å². The highest BCUT2D eigenvalue weighted by atomic mass is 32.2. The molecule has 1 atom stereocenters. The highest BCUT2D eigenvalue weighted by molar-refractivity contribution is 7.89. The minimum absolute atomic E-state index is 0.0888. The highest BCUT2D eigenvalue weighted by Crippen LogP contribution is 2.27. The van der Waals surface area contributed by atoms with Gasteiger partial charge in [-0.15, -0.1) is 0 Å². The van der Waals surface area contributed by atoms with Crippen LogP contribution in [0.2, 0.25) is 0 Å². The molecule has 1 aromatic carbocycles. The van der Waals surface area contributed by atoms with Crippen LogP contribution in [-0.4, -0.2) is 42.8 Å². The third-order valence-electron chi connectivity index (χ3n) is 4.83. The van der Waals surface area contributed by atoms with Crippen LogP contribution in [0.4, 0.5) is 13.2 Å². The Labute approximate surface area is 184 Å². The van der Waals surface area contributed by atoms with Crippen LogP contribution in [0.5, 0.6) is 0 Å². The number of aromatic nitrogens is 3. The van der Waals surface area contributed by atoms with Gasteiger partial charge in [-0.25, -0.2) is 27.0 Å². The van der Waals surface area contributed by atoms with E-state index in [9.17, 15) is 26.4 Å². The van der Waals surface area contributed by atoms with Gasteiger partial charge < -0.3 is 13.9 Å². The van der Waals surface area contributed by atoms with Crippen molar-refractivity contribution < 1.29 is 31.1 Å². The SMILES string of the molecule is CCn1c([C@@H](C)NS(=O)(=O)c2ccc(C(=O)OC)n2C)nc2ccc(C(F)F)cc21.CF. The van der Waals surface area contributed by atoms with E-state index in [1.54, 1.807) is 11.5 Å². The Balaban J connectivity index is 0.00000176. The van der Waals surface area contributed by atoms with E-state index in [0.29, 0.717) is 30.6 Å². The van der Waals surface area contributed by atoms with Crippen molar-refractivity contribution in [1.82, 2.24) is 18.8 Å². The molecule has 0 saturated carbocycles. The second kappa shape index (κ2) is 10.2. The smallest absolute Gasteiger partial charge is 0.354 e. The molecule has 0 bridgehead atoms. The molecule has 1 N–H and O–H groups in total. The van der Waals surface area contributed by atoms with Crippen molar-refractivity contribution in [3.8, 4) is 0 Å². The fourth-order valence-corrected chi connectivity index (χ4v) is 4.77. The monoisotopic (exact) mass is 474 g/mol. The van der Waals surface area contributed by atoms with E-state index >= 15 is 0 Å². The summed E-state index contributed by atoms with van der Waals surface area (Å²) >= 11 is 0. The number of benzene rings is 1. The molecule has 0 aliphatic heterocycles. The maximum absolute atomic E-state index is 13.1. The van der Waals surface area contributed by atoms with E-state index in [-0.39, 0.29) is 16.3 Å². The number of imidazole rings is 1. The number of hydrogen-bond donors (Lipinski definition) is 1. The lowest BCUT2D eigenvalue weighted by Crippen LogP contribution is -2.30. The van der Waals surface area contributed by atoms with Crippen molar-refractivity contribution in [2.75, 3.05) is 14.3 Å². The van der Waals surface area contributed by atoms with E-state index in [1.807, 2.05) is 6.92 Å². The van der Waals surface area contributed by atoms with Crippen molar-refractivity contribution in [2.24, 2.45) is 7.05 Å². The number of methoxy groups -OCH3 is 1. The van der Waals surface area contributed by atoms with Crippen LogP contribution in [0.25, 0.3) is 11.0 Å². The molecule has 0 aliphatic carbocycles. The molecule has 176 valence electrons. The van der Waals surface area contributed by atoms with Gasteiger partial charge in [-0.3, -0.25) is 4.39 Å². The number of ether oxygens (including phenoxy) is 1. The summed E-state index contributed by atoms with van der Waals surface area (Å²) < 4.78 is 71.5. The van der Waals surface area contributed by atoms with Gasteiger partial charge in [0.05, 0.1) is 31.4 Å². The van der Waals surface area contributed by atoms with Crippen molar-refractivity contribution in [1.29, 1.82) is 0 Å². The zero-order valence-corrected chi connectivity index (χ0v) is 19.1. The molecule has 0 fully saturated rings. The van der Waals surface area contributed by atoms with Crippen LogP contribution >= 0.6 is 0 Å². The summed E-state index contributed by atoms with van der Waals surface area (Å²) in [6.45, 7) is 3.85. The zero-order valence-electron chi connectivity index (χ0n) is 18.3. The fraction of sp³-hybridized carbons (Fsp3) is 0.400. The number of halogens is 3. The summed E-state index contributed by atoms with van der Waals surface area (Å²) in [6, 6.07) is 6.07. The lowest BCUT2D eigenvalue weighted by atomic mass is 10.2. The van der Waals surface area contributed by atoms with Gasteiger partial charge in [0.15, 0.2) is 5.03 Å². The first-order valence-corrected chi connectivity index (χ1v) is 11.0. The molecule has 0 spiro atoms. The largest absolute Gasteiger partial charge is 0.464 e. The van der Waals surface area contributed by atoms with Gasteiger partial charge in [0.1, 0.15) is 11.5 Å². The zero-order chi connectivity index (χ0) is 24.2. The Kier molecular flexibility index (Phi) is 8.07. The average Bonchev–Trinajstić information content (AvgIpc) is 3.34. The van der Waals surface area contributed by atoms with Gasteiger partial charge in [-0.05, 0) is 38.1 Å². The molecule has 32 heavy (non-hydrogen) atoms. The van der Waals surface area contributed by atoms with Gasteiger partial charge in [0, 0.05) is 19.2 Å².